The van der Waals surface area contributed by atoms with Gasteiger partial charge in [0.1, 0.15) is 10.6 Å². The number of rotatable bonds is 7. The van der Waals surface area contributed by atoms with Crippen LogP contribution in [0.25, 0.3) is 21.5 Å². The predicted molar refractivity (Wildman–Crippen MR) is 166 cm³/mol. The maximum Gasteiger partial charge on any atom is 0.425 e. The monoisotopic (exact) mass is 721 g/mol. The van der Waals surface area contributed by atoms with Crippen LogP contribution < -0.4 is 5.73 Å². The summed E-state index contributed by atoms with van der Waals surface area (Å²) in [7, 11) is -16.8. The fraction of sp³-hybridized carbons (Fsp3) is 0. The molecule has 0 heterocycles. The molecule has 0 aliphatic heterocycles. The van der Waals surface area contributed by atoms with Gasteiger partial charge in [-0.1, -0.05) is 24.3 Å². The normalized spacial score (nSPS) is 12.4. The second-order valence-electron chi connectivity index (χ2n) is 9.19. The van der Waals surface area contributed by atoms with E-state index in [0.29, 0.717) is 10.8 Å². The van der Waals surface area contributed by atoms with Crippen molar-refractivity contribution in [1.29, 1.82) is 0 Å². The lowest BCUT2D eigenvalue weighted by Gasteiger charge is -2.08. The van der Waals surface area contributed by atoms with E-state index in [-0.39, 0.29) is 44.1 Å². The quantitative estimate of drug-likeness (QED) is 0.0962. The zero-order chi connectivity index (χ0) is 34.7. The Balaban J connectivity index is 0.00000118. The van der Waals surface area contributed by atoms with Crippen molar-refractivity contribution in [3.63, 3.8) is 0 Å². The van der Waals surface area contributed by atoms with Gasteiger partial charge in [-0.15, -0.1) is 33.1 Å². The van der Waals surface area contributed by atoms with E-state index in [4.69, 9.17) is 18.4 Å². The Morgan fingerprint density at radius 2 is 0.894 bits per heavy atom. The van der Waals surface area contributed by atoms with Gasteiger partial charge >= 0.3 is 10.6 Å². The zero-order valence-corrected chi connectivity index (χ0v) is 26.4. The maximum atomic E-state index is 11.9. The molecule has 0 atom stereocenters. The van der Waals surface area contributed by atoms with Gasteiger partial charge in [-0.2, -0.15) is 25.3 Å². The first kappa shape index (κ1) is 34.8. The molecule has 0 spiro atoms. The summed E-state index contributed by atoms with van der Waals surface area (Å²) >= 11 is 0. The first-order valence-corrected chi connectivity index (χ1v) is 17.7. The SMILES string of the molecule is Nc1ccc(N=Nc2ccc(N=Nc3ccccc3S(=O)(=O)O)c3ccc(S(=O)(=O)O)cc23)c2ccc(S(=O)(=O)O)cc12.O=S(=O)=O. The molecule has 244 valence electrons. The van der Waals surface area contributed by atoms with Crippen molar-refractivity contribution < 1.29 is 51.5 Å². The predicted octanol–water partition coefficient (Wildman–Crippen LogP) is 5.14. The summed E-state index contributed by atoms with van der Waals surface area (Å²) in [6, 6.07) is 18.6. The van der Waals surface area contributed by atoms with Crippen LogP contribution in [0.4, 0.5) is 28.4 Å². The number of nitrogen functional groups attached to an aromatic ring is 1. The van der Waals surface area contributed by atoms with E-state index >= 15 is 0 Å². The third kappa shape index (κ3) is 8.42. The highest BCUT2D eigenvalue weighted by Gasteiger charge is 2.17. The van der Waals surface area contributed by atoms with Crippen molar-refractivity contribution >= 4 is 90.9 Å². The van der Waals surface area contributed by atoms with Crippen LogP contribution in [-0.4, -0.2) is 51.5 Å². The molecule has 47 heavy (non-hydrogen) atoms. The van der Waals surface area contributed by atoms with Crippen molar-refractivity contribution in [2.24, 2.45) is 20.5 Å². The van der Waals surface area contributed by atoms with E-state index in [1.165, 1.54) is 66.7 Å². The number of nitrogens with zero attached hydrogens (tertiary/aromatic N) is 4. The number of hydrogen-bond donors (Lipinski definition) is 4. The first-order valence-electron chi connectivity index (χ1n) is 12.4. The smallest absolute Gasteiger partial charge is 0.398 e. The molecule has 0 unspecified atom stereocenters. The molecule has 5 N–H and O–H groups in total. The minimum absolute atomic E-state index is 0.136. The number of anilines is 1. The Morgan fingerprint density at radius 3 is 1.38 bits per heavy atom. The summed E-state index contributed by atoms with van der Waals surface area (Å²) in [6.07, 6.45) is 0. The summed E-state index contributed by atoms with van der Waals surface area (Å²) < 4.78 is 124. The van der Waals surface area contributed by atoms with Gasteiger partial charge in [-0.25, -0.2) is 0 Å². The van der Waals surface area contributed by atoms with Crippen LogP contribution in [0.2, 0.25) is 0 Å². The Kier molecular flexibility index (Phi) is 9.91. The summed E-state index contributed by atoms with van der Waals surface area (Å²) in [5.41, 5.74) is 6.63. The molecular formula is C26H19N5O12S4. The van der Waals surface area contributed by atoms with E-state index < -0.39 is 50.8 Å². The van der Waals surface area contributed by atoms with Crippen LogP contribution in [0, 0.1) is 0 Å². The molecule has 21 heteroatoms. The Bertz CT molecular complexity index is 2570. The molecule has 0 aliphatic rings. The average Bonchev–Trinajstić information content (AvgIpc) is 2.98. The van der Waals surface area contributed by atoms with Gasteiger partial charge in [0, 0.05) is 27.2 Å². The summed E-state index contributed by atoms with van der Waals surface area (Å²) in [4.78, 5) is -1.28. The fourth-order valence-electron chi connectivity index (χ4n) is 4.19. The molecule has 17 nitrogen and oxygen atoms in total. The van der Waals surface area contributed by atoms with Gasteiger partial charge in [0.05, 0.1) is 26.9 Å². The van der Waals surface area contributed by atoms with E-state index in [9.17, 15) is 38.9 Å². The largest absolute Gasteiger partial charge is 0.425 e. The highest BCUT2D eigenvalue weighted by atomic mass is 32.2. The first-order chi connectivity index (χ1) is 21.9. The van der Waals surface area contributed by atoms with Crippen molar-refractivity contribution in [1.82, 2.24) is 0 Å². The minimum atomic E-state index is -4.62. The molecule has 0 amide bonds. The molecule has 0 bridgehead atoms. The molecule has 0 saturated heterocycles. The molecule has 5 aromatic carbocycles. The Labute approximate surface area is 267 Å². The lowest BCUT2D eigenvalue weighted by atomic mass is 10.1. The van der Waals surface area contributed by atoms with E-state index in [2.05, 4.69) is 20.5 Å². The molecule has 5 rings (SSSR count). The highest BCUT2D eigenvalue weighted by molar-refractivity contribution is 7.86. The average molecular weight is 722 g/mol. The lowest BCUT2D eigenvalue weighted by Crippen LogP contribution is -1.98. The van der Waals surface area contributed by atoms with Crippen LogP contribution in [0.3, 0.4) is 0 Å². The molecule has 0 aromatic heterocycles. The molecule has 0 fully saturated rings. The van der Waals surface area contributed by atoms with E-state index in [1.54, 1.807) is 0 Å². The minimum Gasteiger partial charge on any atom is -0.398 e. The number of nitrogens with two attached hydrogens (primary N) is 1. The van der Waals surface area contributed by atoms with Crippen LogP contribution in [-0.2, 0) is 41.0 Å². The van der Waals surface area contributed by atoms with Crippen LogP contribution >= 0.6 is 0 Å². The summed E-state index contributed by atoms with van der Waals surface area (Å²) in [5.74, 6) is 0. The van der Waals surface area contributed by atoms with Gasteiger partial charge in [0.15, 0.2) is 0 Å². The second kappa shape index (κ2) is 13.4. The van der Waals surface area contributed by atoms with Crippen molar-refractivity contribution in [3.8, 4) is 0 Å². The van der Waals surface area contributed by atoms with Crippen molar-refractivity contribution in [2.75, 3.05) is 5.73 Å². The van der Waals surface area contributed by atoms with Crippen LogP contribution in [0.5, 0.6) is 0 Å². The van der Waals surface area contributed by atoms with E-state index in [0.717, 1.165) is 18.2 Å². The van der Waals surface area contributed by atoms with Gasteiger partial charge in [-0.05, 0) is 60.7 Å². The number of azo groups is 2. The zero-order valence-electron chi connectivity index (χ0n) is 23.1. The van der Waals surface area contributed by atoms with E-state index in [1.807, 2.05) is 0 Å². The standard InChI is InChI=1S/C26H19N5O9S3.O3S/c27-21-9-10-22(17-7-5-15(13-19(17)21)41(32,33)34)28-30-24-12-11-23(18-8-6-16(14-20(18)24)42(35,36)37)29-31-25-3-1-2-4-26(25)43(38,39)40;1-4(2)3/h1-14H,27H2,(H,32,33,34)(H,35,36,37)(H,38,39,40);. The molecule has 0 aliphatic carbocycles. The highest BCUT2D eigenvalue weighted by Crippen LogP contribution is 2.38. The third-order valence-electron chi connectivity index (χ3n) is 6.21. The van der Waals surface area contributed by atoms with Crippen LogP contribution in [0.1, 0.15) is 0 Å². The fourth-order valence-corrected chi connectivity index (χ4v) is 5.82. The molecule has 5 aromatic rings. The summed E-state index contributed by atoms with van der Waals surface area (Å²) in [5, 5.41) is 17.7. The summed E-state index contributed by atoms with van der Waals surface area (Å²) in [6.45, 7) is 0. The Hall–Kier alpha value is -5.03. The second-order valence-corrected chi connectivity index (χ2v) is 13.8. The molecular weight excluding hydrogens is 703 g/mol. The number of hydrogen-bond acceptors (Lipinski definition) is 14. The van der Waals surface area contributed by atoms with Gasteiger partial charge < -0.3 is 5.73 Å². The lowest BCUT2D eigenvalue weighted by molar-refractivity contribution is 0.481. The van der Waals surface area contributed by atoms with Crippen LogP contribution in [0.15, 0.2) is 120 Å². The maximum absolute atomic E-state index is 11.9. The van der Waals surface area contributed by atoms with Gasteiger partial charge in [0.25, 0.3) is 30.4 Å². The number of fused-ring (bicyclic) bond motifs is 2. The molecule has 0 saturated carbocycles. The van der Waals surface area contributed by atoms with Crippen molar-refractivity contribution in [3.05, 3.63) is 84.9 Å². The van der Waals surface area contributed by atoms with Gasteiger partial charge in [-0.3, -0.25) is 13.7 Å². The van der Waals surface area contributed by atoms with Gasteiger partial charge in [0.2, 0.25) is 0 Å². The third-order valence-corrected chi connectivity index (χ3v) is 8.81. The topological polar surface area (TPSA) is 290 Å². The Morgan fingerprint density at radius 1 is 0.489 bits per heavy atom. The molecule has 0 radical (unpaired) electrons. The number of benzene rings is 5. The van der Waals surface area contributed by atoms with Crippen molar-refractivity contribution in [2.45, 2.75) is 14.7 Å².